The Hall–Kier alpha value is -4.99. The first-order valence-corrected chi connectivity index (χ1v) is 13.9. The number of hydrogen-bond donors (Lipinski definition) is 4. The van der Waals surface area contributed by atoms with Crippen molar-refractivity contribution in [2.45, 2.75) is 52.1 Å². The van der Waals surface area contributed by atoms with Crippen LogP contribution in [0.25, 0.3) is 22.5 Å². The van der Waals surface area contributed by atoms with E-state index in [4.69, 9.17) is 10.1 Å². The predicted molar refractivity (Wildman–Crippen MR) is 160 cm³/mol. The van der Waals surface area contributed by atoms with Crippen molar-refractivity contribution in [2.75, 3.05) is 11.9 Å². The molecule has 0 saturated heterocycles. The molecule has 0 saturated carbocycles. The number of aromatic nitrogens is 3. The second-order valence-electron chi connectivity index (χ2n) is 10.0. The zero-order valence-electron chi connectivity index (χ0n) is 23.7. The quantitative estimate of drug-likeness (QED) is 0.164. The van der Waals surface area contributed by atoms with Crippen LogP contribution < -0.4 is 10.6 Å². The molecule has 1 amide bonds. The van der Waals surface area contributed by atoms with Crippen molar-refractivity contribution in [1.82, 2.24) is 20.1 Å². The van der Waals surface area contributed by atoms with Gasteiger partial charge in [-0.2, -0.15) is 5.10 Å². The van der Waals surface area contributed by atoms with E-state index in [1.54, 1.807) is 12.1 Å². The maximum absolute atomic E-state index is 11.6. The predicted octanol–water partition coefficient (Wildman–Crippen LogP) is 5.09. The summed E-state index contributed by atoms with van der Waals surface area (Å²) in [6.45, 7) is 4.35. The van der Waals surface area contributed by atoms with Crippen LogP contribution in [0.1, 0.15) is 54.9 Å². The number of hydrogen-bond acceptors (Lipinski definition) is 6. The first-order chi connectivity index (χ1) is 20.2. The lowest BCUT2D eigenvalue weighted by atomic mass is 9.99. The van der Waals surface area contributed by atoms with Crippen molar-refractivity contribution in [3.8, 4) is 22.5 Å². The fourth-order valence-electron chi connectivity index (χ4n) is 4.63. The van der Waals surface area contributed by atoms with Gasteiger partial charge in [0.05, 0.1) is 12.1 Å². The molecule has 42 heavy (non-hydrogen) atoms. The molecule has 3 aromatic carbocycles. The highest BCUT2D eigenvalue weighted by Gasteiger charge is 2.18. The summed E-state index contributed by atoms with van der Waals surface area (Å²) >= 11 is 0. The third-order valence-corrected chi connectivity index (χ3v) is 6.84. The molecule has 4 rings (SSSR count). The Morgan fingerprint density at radius 3 is 2.26 bits per heavy atom. The number of amides is 1. The number of rotatable bonds is 14. The number of benzene rings is 3. The second-order valence-corrected chi connectivity index (χ2v) is 10.0. The molecule has 0 spiro atoms. The van der Waals surface area contributed by atoms with Crippen LogP contribution in [0.15, 0.2) is 72.8 Å². The van der Waals surface area contributed by atoms with Gasteiger partial charge in [-0.25, -0.2) is 19.3 Å². The van der Waals surface area contributed by atoms with E-state index < -0.39 is 18.0 Å². The van der Waals surface area contributed by atoms with Crippen molar-refractivity contribution in [3.63, 3.8) is 0 Å². The van der Waals surface area contributed by atoms with Crippen LogP contribution in [0.3, 0.4) is 0 Å². The van der Waals surface area contributed by atoms with E-state index in [0.29, 0.717) is 24.5 Å². The van der Waals surface area contributed by atoms with Gasteiger partial charge in [-0.15, -0.1) is 0 Å². The molecule has 4 aromatic rings. The zero-order valence-corrected chi connectivity index (χ0v) is 23.7. The highest BCUT2D eigenvalue weighted by molar-refractivity contribution is 5.96. The van der Waals surface area contributed by atoms with Gasteiger partial charge >= 0.3 is 11.9 Å². The molecule has 0 radical (unpaired) electrons. The molecule has 10 nitrogen and oxygen atoms in total. The Labute approximate surface area is 244 Å². The number of carbonyl (C=O) groups excluding carboxylic acids is 1. The summed E-state index contributed by atoms with van der Waals surface area (Å²) < 4.78 is 1.92. The van der Waals surface area contributed by atoms with E-state index in [-0.39, 0.29) is 17.9 Å². The van der Waals surface area contributed by atoms with Crippen LogP contribution in [0.5, 0.6) is 0 Å². The van der Waals surface area contributed by atoms with Crippen LogP contribution in [0.2, 0.25) is 0 Å². The summed E-state index contributed by atoms with van der Waals surface area (Å²) in [5, 5.41) is 29.2. The van der Waals surface area contributed by atoms with Crippen LogP contribution in [0, 0.1) is 0 Å². The number of aromatic carboxylic acids is 1. The van der Waals surface area contributed by atoms with Gasteiger partial charge in [0.1, 0.15) is 11.9 Å². The fourth-order valence-corrected chi connectivity index (χ4v) is 4.63. The van der Waals surface area contributed by atoms with Gasteiger partial charge in [0, 0.05) is 31.1 Å². The van der Waals surface area contributed by atoms with Crippen molar-refractivity contribution in [2.24, 2.45) is 0 Å². The molecular weight excluding hydrogens is 534 g/mol. The summed E-state index contributed by atoms with van der Waals surface area (Å²) in [6.07, 6.45) is 3.06. The minimum Gasteiger partial charge on any atom is -0.480 e. The van der Waals surface area contributed by atoms with Crippen LogP contribution in [0.4, 0.5) is 5.69 Å². The fraction of sp³-hybridized carbons (Fsp3) is 0.281. The van der Waals surface area contributed by atoms with Crippen molar-refractivity contribution in [1.29, 1.82) is 0 Å². The standard InChI is InChI=1S/C32H35N5O5/c1-3-4-9-29-35-30(24-14-16-25(17-15-24)33-19-18-28(32(41)42)34-21(2)38)36-37(29)20-22-10-12-23(13-11-22)26-7-5-6-8-27(26)31(39)40/h5-8,10-17,28,33H,3-4,9,18-20H2,1-2H3,(H,34,38)(H,39,40)(H,41,42). The molecule has 1 heterocycles. The van der Waals surface area contributed by atoms with E-state index in [1.165, 1.54) is 6.92 Å². The van der Waals surface area contributed by atoms with Gasteiger partial charge in [-0.05, 0) is 59.9 Å². The number of carboxylic acids is 2. The maximum Gasteiger partial charge on any atom is 0.336 e. The topological polar surface area (TPSA) is 146 Å². The third-order valence-electron chi connectivity index (χ3n) is 6.84. The first kappa shape index (κ1) is 30.0. The second kappa shape index (κ2) is 14.1. The number of aliphatic carboxylic acids is 1. The molecule has 0 aliphatic heterocycles. The summed E-state index contributed by atoms with van der Waals surface area (Å²) in [5.74, 6) is -0.885. The summed E-state index contributed by atoms with van der Waals surface area (Å²) in [7, 11) is 0. The maximum atomic E-state index is 11.6. The number of nitrogens with one attached hydrogen (secondary N) is 2. The monoisotopic (exact) mass is 569 g/mol. The SMILES string of the molecule is CCCCc1nc(-c2ccc(NCCC(NC(C)=O)C(=O)O)cc2)nn1Cc1ccc(-c2ccccc2C(=O)O)cc1. The Bertz CT molecular complexity index is 1530. The Morgan fingerprint density at radius 2 is 1.62 bits per heavy atom. The Morgan fingerprint density at radius 1 is 0.929 bits per heavy atom. The number of carboxylic acid groups (broad SMARTS) is 2. The van der Waals surface area contributed by atoms with Gasteiger partial charge in [0.2, 0.25) is 5.91 Å². The van der Waals surface area contributed by atoms with Gasteiger partial charge in [0.15, 0.2) is 5.82 Å². The van der Waals surface area contributed by atoms with Crippen LogP contribution >= 0.6 is 0 Å². The normalized spacial score (nSPS) is 11.6. The van der Waals surface area contributed by atoms with Gasteiger partial charge in [-0.1, -0.05) is 55.8 Å². The summed E-state index contributed by atoms with van der Waals surface area (Å²) in [5.41, 5.74) is 4.49. The number of anilines is 1. The van der Waals surface area contributed by atoms with Gasteiger partial charge in [0.25, 0.3) is 0 Å². The first-order valence-electron chi connectivity index (χ1n) is 13.9. The van der Waals surface area contributed by atoms with E-state index >= 15 is 0 Å². The molecule has 0 bridgehead atoms. The average molecular weight is 570 g/mol. The minimum atomic E-state index is -1.07. The van der Waals surface area contributed by atoms with Crippen molar-refractivity contribution >= 4 is 23.5 Å². The molecule has 0 aliphatic rings. The highest BCUT2D eigenvalue weighted by Crippen LogP contribution is 2.25. The van der Waals surface area contributed by atoms with Crippen LogP contribution in [-0.2, 0) is 22.6 Å². The van der Waals surface area contributed by atoms with E-state index in [9.17, 15) is 24.6 Å². The molecule has 0 fully saturated rings. The Balaban J connectivity index is 1.46. The molecule has 0 aliphatic carbocycles. The molecular formula is C32H35N5O5. The molecule has 1 aromatic heterocycles. The van der Waals surface area contributed by atoms with Crippen LogP contribution in [-0.4, -0.2) is 55.4 Å². The molecule has 218 valence electrons. The number of aryl methyl sites for hydroxylation is 1. The molecule has 10 heteroatoms. The van der Waals surface area contributed by atoms with Gasteiger partial charge < -0.3 is 20.8 Å². The highest BCUT2D eigenvalue weighted by atomic mass is 16.4. The van der Waals surface area contributed by atoms with E-state index in [1.807, 2.05) is 65.3 Å². The molecule has 1 unspecified atom stereocenters. The Kier molecular flexibility index (Phi) is 10.0. The van der Waals surface area contributed by atoms with Gasteiger partial charge in [-0.3, -0.25) is 4.79 Å². The van der Waals surface area contributed by atoms with Crippen molar-refractivity contribution in [3.05, 3.63) is 89.7 Å². The zero-order chi connectivity index (χ0) is 30.1. The lowest BCUT2D eigenvalue weighted by Crippen LogP contribution is -2.40. The smallest absolute Gasteiger partial charge is 0.336 e. The minimum absolute atomic E-state index is 0.246. The summed E-state index contributed by atoms with van der Waals surface area (Å²) in [6, 6.07) is 21.5. The van der Waals surface area contributed by atoms with Crippen molar-refractivity contribution < 1.29 is 24.6 Å². The summed E-state index contributed by atoms with van der Waals surface area (Å²) in [4.78, 5) is 39.0. The number of nitrogens with zero attached hydrogens (tertiary/aromatic N) is 3. The number of carbonyl (C=O) groups is 3. The average Bonchev–Trinajstić information content (AvgIpc) is 3.38. The largest absolute Gasteiger partial charge is 0.480 e. The lowest BCUT2D eigenvalue weighted by molar-refractivity contribution is -0.141. The lowest BCUT2D eigenvalue weighted by Gasteiger charge is -2.14. The molecule has 1 atom stereocenters. The number of unbranched alkanes of at least 4 members (excludes halogenated alkanes) is 1. The van der Waals surface area contributed by atoms with E-state index in [2.05, 4.69) is 17.6 Å². The third kappa shape index (κ3) is 7.81. The van der Waals surface area contributed by atoms with E-state index in [0.717, 1.165) is 47.5 Å². The molecule has 4 N–H and O–H groups in total.